The molecule has 2 rings (SSSR count). The molecule has 2 amide bonds. The molecule has 3 N–H and O–H groups in total. The van der Waals surface area contributed by atoms with Crippen molar-refractivity contribution >= 4 is 11.8 Å². The van der Waals surface area contributed by atoms with Crippen molar-refractivity contribution in [3.05, 3.63) is 0 Å². The third-order valence-corrected chi connectivity index (χ3v) is 4.86. The van der Waals surface area contributed by atoms with Crippen LogP contribution in [-0.2, 0) is 9.59 Å². The second kappa shape index (κ2) is 8.37. The first-order chi connectivity index (χ1) is 10.2. The maximum atomic E-state index is 12.2. The zero-order chi connectivity index (χ0) is 15.1. The van der Waals surface area contributed by atoms with Crippen molar-refractivity contribution in [2.45, 2.75) is 63.8 Å². The monoisotopic (exact) mass is 295 g/mol. The Balaban J connectivity index is 1.70. The van der Waals surface area contributed by atoms with E-state index in [-0.39, 0.29) is 24.4 Å². The van der Waals surface area contributed by atoms with Crippen molar-refractivity contribution < 1.29 is 9.59 Å². The maximum Gasteiger partial charge on any atom is 0.242 e. The highest BCUT2D eigenvalue weighted by atomic mass is 16.2. The molecule has 0 aromatic carbocycles. The average Bonchev–Trinajstić information content (AvgIpc) is 2.53. The molecule has 1 atom stereocenters. The zero-order valence-corrected chi connectivity index (χ0v) is 13.0. The summed E-state index contributed by atoms with van der Waals surface area (Å²) in [7, 11) is 0. The number of nitrogens with one attached hydrogen (secondary N) is 1. The molecule has 21 heavy (non-hydrogen) atoms. The van der Waals surface area contributed by atoms with Gasteiger partial charge < -0.3 is 16.0 Å². The van der Waals surface area contributed by atoms with E-state index in [0.717, 1.165) is 38.6 Å². The van der Waals surface area contributed by atoms with E-state index in [1.54, 1.807) is 0 Å². The number of carbonyl (C=O) groups excluding carboxylic acids is 2. The first kappa shape index (κ1) is 16.3. The molecular weight excluding hydrogens is 266 g/mol. The van der Waals surface area contributed by atoms with Crippen LogP contribution >= 0.6 is 0 Å². The molecule has 1 aliphatic carbocycles. The van der Waals surface area contributed by atoms with Gasteiger partial charge in [-0.05, 0) is 38.0 Å². The van der Waals surface area contributed by atoms with Crippen LogP contribution in [0.4, 0.5) is 0 Å². The lowest BCUT2D eigenvalue weighted by atomic mass is 9.87. The molecule has 0 aromatic heterocycles. The van der Waals surface area contributed by atoms with Crippen LogP contribution in [0.15, 0.2) is 0 Å². The van der Waals surface area contributed by atoms with Crippen LogP contribution in [-0.4, -0.2) is 42.4 Å². The SMILES string of the molecule is NCC1CCCCN1C(=O)CNC(=O)CC1CCCCC1. The van der Waals surface area contributed by atoms with Gasteiger partial charge in [-0.15, -0.1) is 0 Å². The van der Waals surface area contributed by atoms with Crippen LogP contribution in [0.2, 0.25) is 0 Å². The van der Waals surface area contributed by atoms with Crippen molar-refractivity contribution in [2.75, 3.05) is 19.6 Å². The van der Waals surface area contributed by atoms with E-state index in [1.165, 1.54) is 19.3 Å². The van der Waals surface area contributed by atoms with Gasteiger partial charge in [0, 0.05) is 25.6 Å². The van der Waals surface area contributed by atoms with Gasteiger partial charge in [0.25, 0.3) is 0 Å². The minimum atomic E-state index is 0.0159. The Kier molecular flexibility index (Phi) is 6.49. The van der Waals surface area contributed by atoms with E-state index >= 15 is 0 Å². The van der Waals surface area contributed by atoms with Crippen molar-refractivity contribution in [1.82, 2.24) is 10.2 Å². The van der Waals surface area contributed by atoms with Gasteiger partial charge in [-0.1, -0.05) is 19.3 Å². The number of carbonyl (C=O) groups is 2. The maximum absolute atomic E-state index is 12.2. The van der Waals surface area contributed by atoms with Gasteiger partial charge in [-0.2, -0.15) is 0 Å². The van der Waals surface area contributed by atoms with Crippen LogP contribution in [0.25, 0.3) is 0 Å². The first-order valence-electron chi connectivity index (χ1n) is 8.47. The summed E-state index contributed by atoms with van der Waals surface area (Å²) in [6.45, 7) is 1.42. The summed E-state index contributed by atoms with van der Waals surface area (Å²) < 4.78 is 0. The van der Waals surface area contributed by atoms with Crippen molar-refractivity contribution in [2.24, 2.45) is 11.7 Å². The Labute approximate surface area is 127 Å². The first-order valence-corrected chi connectivity index (χ1v) is 8.47. The van der Waals surface area contributed by atoms with E-state index in [0.29, 0.717) is 18.9 Å². The molecule has 2 fully saturated rings. The number of hydrogen-bond donors (Lipinski definition) is 2. The Bertz CT molecular complexity index is 353. The minimum Gasteiger partial charge on any atom is -0.347 e. The Morgan fingerprint density at radius 1 is 1.05 bits per heavy atom. The summed E-state index contributed by atoms with van der Waals surface area (Å²) in [5, 5.41) is 2.80. The number of likely N-dealkylation sites (tertiary alicyclic amines) is 1. The van der Waals surface area contributed by atoms with Gasteiger partial charge in [0.05, 0.1) is 6.54 Å². The molecule has 1 heterocycles. The molecule has 0 radical (unpaired) electrons. The number of hydrogen-bond acceptors (Lipinski definition) is 3. The van der Waals surface area contributed by atoms with Crippen LogP contribution in [0.5, 0.6) is 0 Å². The summed E-state index contributed by atoms with van der Waals surface area (Å²) in [6, 6.07) is 0.154. The Hall–Kier alpha value is -1.10. The molecular formula is C16H29N3O2. The van der Waals surface area contributed by atoms with Gasteiger partial charge in [0.1, 0.15) is 0 Å². The van der Waals surface area contributed by atoms with E-state index in [1.807, 2.05) is 4.90 Å². The number of amides is 2. The van der Waals surface area contributed by atoms with E-state index < -0.39 is 0 Å². The topological polar surface area (TPSA) is 75.4 Å². The Morgan fingerprint density at radius 3 is 2.48 bits per heavy atom. The summed E-state index contributed by atoms with van der Waals surface area (Å²) >= 11 is 0. The molecule has 1 aliphatic heterocycles. The molecule has 0 bridgehead atoms. The lowest BCUT2D eigenvalue weighted by molar-refractivity contribution is -0.136. The summed E-state index contributed by atoms with van der Waals surface area (Å²) in [4.78, 5) is 26.0. The lowest BCUT2D eigenvalue weighted by Gasteiger charge is -2.35. The van der Waals surface area contributed by atoms with E-state index in [9.17, 15) is 9.59 Å². The third-order valence-electron chi connectivity index (χ3n) is 4.86. The van der Waals surface area contributed by atoms with Gasteiger partial charge >= 0.3 is 0 Å². The van der Waals surface area contributed by atoms with Crippen molar-refractivity contribution in [1.29, 1.82) is 0 Å². The van der Waals surface area contributed by atoms with Crippen LogP contribution < -0.4 is 11.1 Å². The predicted molar refractivity (Wildman–Crippen MR) is 82.6 cm³/mol. The molecule has 5 nitrogen and oxygen atoms in total. The lowest BCUT2D eigenvalue weighted by Crippen LogP contribution is -2.50. The fourth-order valence-electron chi connectivity index (χ4n) is 3.58. The molecule has 1 unspecified atom stereocenters. The second-order valence-corrected chi connectivity index (χ2v) is 6.46. The van der Waals surface area contributed by atoms with Crippen LogP contribution in [0.1, 0.15) is 57.8 Å². The molecule has 5 heteroatoms. The largest absolute Gasteiger partial charge is 0.347 e. The molecule has 1 saturated carbocycles. The van der Waals surface area contributed by atoms with Gasteiger partial charge in [-0.3, -0.25) is 9.59 Å². The number of rotatable bonds is 5. The number of nitrogens with two attached hydrogens (primary N) is 1. The fraction of sp³-hybridized carbons (Fsp3) is 0.875. The van der Waals surface area contributed by atoms with Crippen LogP contribution in [0.3, 0.4) is 0 Å². The molecule has 120 valence electrons. The summed E-state index contributed by atoms with van der Waals surface area (Å²) in [5.74, 6) is 0.555. The highest BCUT2D eigenvalue weighted by molar-refractivity contribution is 5.85. The number of nitrogens with zero attached hydrogens (tertiary/aromatic N) is 1. The van der Waals surface area contributed by atoms with Gasteiger partial charge in [-0.25, -0.2) is 0 Å². The normalized spacial score (nSPS) is 23.9. The average molecular weight is 295 g/mol. The predicted octanol–water partition coefficient (Wildman–Crippen LogP) is 1.41. The molecule has 2 aliphatic rings. The highest BCUT2D eigenvalue weighted by Gasteiger charge is 2.25. The standard InChI is InChI=1S/C16H29N3O2/c17-11-14-8-4-5-9-19(14)16(21)12-18-15(20)10-13-6-2-1-3-7-13/h13-14H,1-12,17H2,(H,18,20). The molecule has 0 spiro atoms. The molecule has 0 aromatic rings. The smallest absolute Gasteiger partial charge is 0.242 e. The minimum absolute atomic E-state index is 0.0159. The molecule has 1 saturated heterocycles. The van der Waals surface area contributed by atoms with Gasteiger partial charge in [0.15, 0.2) is 0 Å². The summed E-state index contributed by atoms with van der Waals surface area (Å²) in [6.07, 6.45) is 9.83. The van der Waals surface area contributed by atoms with E-state index in [2.05, 4.69) is 5.32 Å². The van der Waals surface area contributed by atoms with Crippen molar-refractivity contribution in [3.63, 3.8) is 0 Å². The second-order valence-electron chi connectivity index (χ2n) is 6.46. The van der Waals surface area contributed by atoms with Crippen LogP contribution in [0, 0.1) is 5.92 Å². The number of piperidine rings is 1. The van der Waals surface area contributed by atoms with E-state index in [4.69, 9.17) is 5.73 Å². The van der Waals surface area contributed by atoms with Gasteiger partial charge in [0.2, 0.25) is 11.8 Å². The highest BCUT2D eigenvalue weighted by Crippen LogP contribution is 2.26. The third kappa shape index (κ3) is 4.99. The fourth-order valence-corrected chi connectivity index (χ4v) is 3.58. The quantitative estimate of drug-likeness (QED) is 0.805. The summed E-state index contributed by atoms with van der Waals surface area (Å²) in [5.41, 5.74) is 5.73. The zero-order valence-electron chi connectivity index (χ0n) is 13.0. The Morgan fingerprint density at radius 2 is 1.76 bits per heavy atom. The van der Waals surface area contributed by atoms with Crippen molar-refractivity contribution in [3.8, 4) is 0 Å².